The highest BCUT2D eigenvalue weighted by Gasteiger charge is 2.32. The molecule has 0 spiro atoms. The fraction of sp³-hybridized carbons (Fsp3) is 0. The molecule has 26 heavy (non-hydrogen) atoms. The van der Waals surface area contributed by atoms with Crippen LogP contribution in [0.4, 0.5) is 5.82 Å². The Labute approximate surface area is 144 Å². The number of carbonyl (C=O) groups is 3. The molecule has 0 atom stereocenters. The van der Waals surface area contributed by atoms with Gasteiger partial charge in [-0.25, -0.2) is 9.78 Å². The number of hydrogen-bond acceptors (Lipinski definition) is 6. The maximum absolute atomic E-state index is 12.6. The molecule has 9 heteroatoms. The molecular weight excluding hydrogens is 340 g/mol. The number of anilines is 1. The van der Waals surface area contributed by atoms with Gasteiger partial charge in [-0.3, -0.25) is 24.3 Å². The Morgan fingerprint density at radius 1 is 1.12 bits per heavy atom. The van der Waals surface area contributed by atoms with Gasteiger partial charge >= 0.3 is 5.97 Å². The molecule has 0 saturated carbocycles. The number of carbonyl (C=O) groups excluding carboxylic acids is 2. The van der Waals surface area contributed by atoms with Crippen LogP contribution in [0.3, 0.4) is 0 Å². The van der Waals surface area contributed by atoms with Gasteiger partial charge < -0.3 is 10.8 Å². The summed E-state index contributed by atoms with van der Waals surface area (Å²) < 4.78 is 1.04. The second kappa shape index (κ2) is 5.24. The normalized spacial score (nSPS) is 12.9. The largest absolute Gasteiger partial charge is 0.477 e. The number of fused-ring (bicyclic) bond motifs is 2. The lowest BCUT2D eigenvalue weighted by Crippen LogP contribution is -2.24. The number of nitrogen functional groups attached to an aromatic ring is 1. The van der Waals surface area contributed by atoms with Gasteiger partial charge in [-0.15, -0.1) is 0 Å². The SMILES string of the molecule is Nc1c2c(cc(=O)n1-c1cccc3ccc(C(=O)O)nc13)C(=O)NC2=O. The van der Waals surface area contributed by atoms with Gasteiger partial charge in [0.1, 0.15) is 11.5 Å². The molecule has 3 aromatic rings. The number of para-hydroxylation sites is 1. The minimum atomic E-state index is -1.22. The lowest BCUT2D eigenvalue weighted by Gasteiger charge is -2.13. The van der Waals surface area contributed by atoms with Crippen LogP contribution in [0.25, 0.3) is 16.6 Å². The zero-order chi connectivity index (χ0) is 18.6. The predicted octanol–water partition coefficient (Wildman–Crippen LogP) is 0.550. The Balaban J connectivity index is 2.09. The van der Waals surface area contributed by atoms with Crippen molar-refractivity contribution < 1.29 is 19.5 Å². The fourth-order valence-corrected chi connectivity index (χ4v) is 2.96. The number of carboxylic acids is 1. The van der Waals surface area contributed by atoms with Crippen LogP contribution in [-0.4, -0.2) is 32.4 Å². The molecule has 1 aliphatic rings. The third-order valence-electron chi connectivity index (χ3n) is 4.11. The van der Waals surface area contributed by atoms with Crippen LogP contribution in [0.1, 0.15) is 31.2 Å². The molecule has 128 valence electrons. The average molecular weight is 350 g/mol. The molecule has 2 amide bonds. The maximum atomic E-state index is 12.6. The van der Waals surface area contributed by atoms with Crippen molar-refractivity contribution in [3.63, 3.8) is 0 Å². The number of imide groups is 1. The molecule has 0 bridgehead atoms. The molecule has 3 heterocycles. The molecule has 2 aromatic heterocycles. The third kappa shape index (κ3) is 2.07. The Morgan fingerprint density at radius 2 is 1.88 bits per heavy atom. The van der Waals surface area contributed by atoms with Crippen LogP contribution in [0.5, 0.6) is 0 Å². The number of nitrogens with zero attached hydrogens (tertiary/aromatic N) is 2. The molecule has 0 aliphatic carbocycles. The first kappa shape index (κ1) is 15.5. The fourth-order valence-electron chi connectivity index (χ4n) is 2.96. The quantitative estimate of drug-likeness (QED) is 0.572. The van der Waals surface area contributed by atoms with Crippen LogP contribution in [0.2, 0.25) is 0 Å². The average Bonchev–Trinajstić information content (AvgIpc) is 2.88. The molecule has 0 saturated heterocycles. The summed E-state index contributed by atoms with van der Waals surface area (Å²) in [7, 11) is 0. The summed E-state index contributed by atoms with van der Waals surface area (Å²) >= 11 is 0. The summed E-state index contributed by atoms with van der Waals surface area (Å²) in [6.07, 6.45) is 0. The standard InChI is InChI=1S/C17H10N4O5/c18-14-12-8(15(23)20-16(12)24)6-11(22)21(14)10-3-1-2-7-4-5-9(17(25)26)19-13(7)10/h1-6H,18H2,(H,25,26)(H,20,23,24). The zero-order valence-electron chi connectivity index (χ0n) is 13.0. The van der Waals surface area contributed by atoms with E-state index in [2.05, 4.69) is 10.3 Å². The zero-order valence-corrected chi connectivity index (χ0v) is 13.0. The van der Waals surface area contributed by atoms with E-state index in [-0.39, 0.29) is 33.8 Å². The minimum Gasteiger partial charge on any atom is -0.477 e. The number of rotatable bonds is 2. The first-order valence-electron chi connectivity index (χ1n) is 7.43. The van der Waals surface area contributed by atoms with Gasteiger partial charge in [0, 0.05) is 11.5 Å². The van der Waals surface area contributed by atoms with Gasteiger partial charge in [0.05, 0.1) is 22.3 Å². The highest BCUT2D eigenvalue weighted by atomic mass is 16.4. The monoisotopic (exact) mass is 350 g/mol. The molecule has 0 unspecified atom stereocenters. The van der Waals surface area contributed by atoms with E-state index in [1.807, 2.05) is 0 Å². The van der Waals surface area contributed by atoms with E-state index < -0.39 is 23.3 Å². The molecule has 9 nitrogen and oxygen atoms in total. The van der Waals surface area contributed by atoms with Crippen LogP contribution < -0.4 is 16.6 Å². The third-order valence-corrected chi connectivity index (χ3v) is 4.11. The second-order valence-electron chi connectivity index (χ2n) is 5.63. The van der Waals surface area contributed by atoms with Crippen molar-refractivity contribution in [2.75, 3.05) is 5.73 Å². The number of aromatic nitrogens is 2. The summed E-state index contributed by atoms with van der Waals surface area (Å²) in [5, 5.41) is 11.8. The minimum absolute atomic E-state index is 0.0897. The van der Waals surface area contributed by atoms with E-state index in [1.165, 1.54) is 12.1 Å². The van der Waals surface area contributed by atoms with Crippen molar-refractivity contribution in [3.05, 3.63) is 63.6 Å². The number of benzene rings is 1. The van der Waals surface area contributed by atoms with Crippen LogP contribution in [0.15, 0.2) is 41.2 Å². The topological polar surface area (TPSA) is 144 Å². The lowest BCUT2D eigenvalue weighted by atomic mass is 10.1. The Hall–Kier alpha value is -4.01. The van der Waals surface area contributed by atoms with Crippen molar-refractivity contribution in [1.29, 1.82) is 0 Å². The van der Waals surface area contributed by atoms with Gasteiger partial charge in [-0.1, -0.05) is 18.2 Å². The van der Waals surface area contributed by atoms with Crippen molar-refractivity contribution >= 4 is 34.5 Å². The number of hydrogen-bond donors (Lipinski definition) is 3. The van der Waals surface area contributed by atoms with Gasteiger partial charge in [-0.05, 0) is 12.1 Å². The van der Waals surface area contributed by atoms with E-state index in [0.29, 0.717) is 5.39 Å². The van der Waals surface area contributed by atoms with Crippen LogP contribution in [-0.2, 0) is 0 Å². The van der Waals surface area contributed by atoms with Crippen molar-refractivity contribution in [1.82, 2.24) is 14.9 Å². The van der Waals surface area contributed by atoms with Gasteiger partial charge in [0.15, 0.2) is 0 Å². The number of pyridine rings is 2. The van der Waals surface area contributed by atoms with Crippen molar-refractivity contribution in [3.8, 4) is 5.69 Å². The number of carboxylic acid groups (broad SMARTS) is 1. The first-order valence-corrected chi connectivity index (χ1v) is 7.43. The molecule has 0 fully saturated rings. The predicted molar refractivity (Wildman–Crippen MR) is 90.5 cm³/mol. The van der Waals surface area contributed by atoms with Gasteiger partial charge in [0.2, 0.25) is 0 Å². The van der Waals surface area contributed by atoms with E-state index in [0.717, 1.165) is 10.6 Å². The summed E-state index contributed by atoms with van der Waals surface area (Å²) in [5.41, 5.74) is 5.43. The number of amides is 2. The Morgan fingerprint density at radius 3 is 2.62 bits per heavy atom. The second-order valence-corrected chi connectivity index (χ2v) is 5.63. The number of nitrogens with two attached hydrogens (primary N) is 1. The highest BCUT2D eigenvalue weighted by molar-refractivity contribution is 6.23. The van der Waals surface area contributed by atoms with E-state index in [1.54, 1.807) is 18.2 Å². The number of aromatic carboxylic acids is 1. The first-order chi connectivity index (χ1) is 12.4. The summed E-state index contributed by atoms with van der Waals surface area (Å²) in [4.78, 5) is 51.6. The lowest BCUT2D eigenvalue weighted by molar-refractivity contribution is 0.0690. The Kier molecular flexibility index (Phi) is 3.13. The van der Waals surface area contributed by atoms with Crippen LogP contribution >= 0.6 is 0 Å². The molecule has 1 aromatic carbocycles. The summed E-state index contributed by atoms with van der Waals surface area (Å²) in [6, 6.07) is 8.79. The van der Waals surface area contributed by atoms with Crippen molar-refractivity contribution in [2.24, 2.45) is 0 Å². The highest BCUT2D eigenvalue weighted by Crippen LogP contribution is 2.26. The van der Waals surface area contributed by atoms with E-state index in [4.69, 9.17) is 10.8 Å². The summed E-state index contributed by atoms with van der Waals surface area (Å²) in [5.74, 6) is -2.83. The molecular formula is C17H10N4O5. The van der Waals surface area contributed by atoms with Crippen LogP contribution in [0, 0.1) is 0 Å². The van der Waals surface area contributed by atoms with E-state index >= 15 is 0 Å². The van der Waals surface area contributed by atoms with E-state index in [9.17, 15) is 19.2 Å². The number of nitrogens with one attached hydrogen (secondary N) is 1. The molecule has 4 N–H and O–H groups in total. The molecule has 4 rings (SSSR count). The molecule has 1 aliphatic heterocycles. The summed E-state index contributed by atoms with van der Waals surface area (Å²) in [6.45, 7) is 0. The van der Waals surface area contributed by atoms with Crippen molar-refractivity contribution in [2.45, 2.75) is 0 Å². The maximum Gasteiger partial charge on any atom is 0.354 e. The smallest absolute Gasteiger partial charge is 0.354 e. The van der Waals surface area contributed by atoms with Gasteiger partial charge in [0.25, 0.3) is 17.4 Å². The Bertz CT molecular complexity index is 1210. The molecule has 0 radical (unpaired) electrons. The van der Waals surface area contributed by atoms with Gasteiger partial charge in [-0.2, -0.15) is 0 Å².